The summed E-state index contributed by atoms with van der Waals surface area (Å²) >= 11 is 1.65. The lowest BCUT2D eigenvalue weighted by Crippen LogP contribution is -2.27. The molecule has 1 aliphatic rings. The first kappa shape index (κ1) is 26.1. The highest BCUT2D eigenvalue weighted by Gasteiger charge is 2.33. The van der Waals surface area contributed by atoms with Gasteiger partial charge in [0, 0.05) is 39.4 Å². The van der Waals surface area contributed by atoms with Gasteiger partial charge in [-0.3, -0.25) is 4.79 Å². The highest BCUT2D eigenvalue weighted by molar-refractivity contribution is 7.16. The van der Waals surface area contributed by atoms with Gasteiger partial charge in [-0.2, -0.15) is 0 Å². The third-order valence-electron chi connectivity index (χ3n) is 7.61. The monoisotopic (exact) mass is 527 g/mol. The molecule has 2 heterocycles. The smallest absolute Gasteiger partial charge is 0.259 e. The van der Waals surface area contributed by atoms with Gasteiger partial charge in [0.2, 0.25) is 0 Å². The summed E-state index contributed by atoms with van der Waals surface area (Å²) in [5.41, 5.74) is 6.77. The number of carbonyl (C=O) groups is 1. The van der Waals surface area contributed by atoms with E-state index < -0.39 is 0 Å². The van der Waals surface area contributed by atoms with Gasteiger partial charge in [0.25, 0.3) is 5.91 Å². The molecular formula is C32H34FN3OS. The van der Waals surface area contributed by atoms with Crippen LogP contribution in [-0.4, -0.2) is 16.7 Å². The molecule has 1 amide bonds. The van der Waals surface area contributed by atoms with Crippen LogP contribution >= 0.6 is 11.3 Å². The van der Waals surface area contributed by atoms with Crippen molar-refractivity contribution in [3.8, 4) is 5.69 Å². The molecule has 1 atom stereocenters. The van der Waals surface area contributed by atoms with E-state index in [0.717, 1.165) is 58.2 Å². The largest absolute Gasteiger partial charge is 0.322 e. The predicted octanol–water partition coefficient (Wildman–Crippen LogP) is 8.45. The first-order valence-corrected chi connectivity index (χ1v) is 13.9. The van der Waals surface area contributed by atoms with E-state index in [2.05, 4.69) is 36.7 Å². The molecule has 4 aromatic rings. The second-order valence-electron chi connectivity index (χ2n) is 11.2. The highest BCUT2D eigenvalue weighted by Crippen LogP contribution is 2.45. The molecule has 2 aromatic carbocycles. The zero-order valence-corrected chi connectivity index (χ0v) is 23.5. The molecule has 0 aliphatic heterocycles. The van der Waals surface area contributed by atoms with Crippen molar-refractivity contribution in [1.29, 1.82) is 0 Å². The number of amides is 1. The van der Waals surface area contributed by atoms with Crippen molar-refractivity contribution in [2.24, 2.45) is 16.3 Å². The van der Waals surface area contributed by atoms with Gasteiger partial charge in [0.1, 0.15) is 10.8 Å². The summed E-state index contributed by atoms with van der Waals surface area (Å²) in [6.45, 7) is 11.0. The second-order valence-corrected chi connectivity index (χ2v) is 12.3. The third kappa shape index (κ3) is 5.23. The minimum Gasteiger partial charge on any atom is -0.322 e. The quantitative estimate of drug-likeness (QED) is 0.260. The Labute approximate surface area is 228 Å². The molecule has 4 nitrogen and oxygen atoms in total. The van der Waals surface area contributed by atoms with Gasteiger partial charge < -0.3 is 9.88 Å². The van der Waals surface area contributed by atoms with Gasteiger partial charge >= 0.3 is 0 Å². The van der Waals surface area contributed by atoms with E-state index in [1.165, 1.54) is 17.0 Å². The Morgan fingerprint density at radius 3 is 2.50 bits per heavy atom. The number of rotatable bonds is 5. The Kier molecular flexibility index (Phi) is 7.10. The average Bonchev–Trinajstić information content (AvgIpc) is 3.39. The van der Waals surface area contributed by atoms with Crippen molar-refractivity contribution >= 4 is 34.1 Å². The van der Waals surface area contributed by atoms with Crippen LogP contribution in [-0.2, 0) is 12.8 Å². The number of aryl methyl sites for hydroxylation is 1. The number of aliphatic imine (C=N–C) groups is 1. The molecule has 0 unspecified atom stereocenters. The lowest BCUT2D eigenvalue weighted by atomic mass is 9.72. The molecule has 196 valence electrons. The Bertz CT molecular complexity index is 1490. The van der Waals surface area contributed by atoms with Crippen LogP contribution in [0.2, 0.25) is 0 Å². The fourth-order valence-corrected chi connectivity index (χ4v) is 6.65. The number of aromatic nitrogens is 1. The normalized spacial score (nSPS) is 15.6. The van der Waals surface area contributed by atoms with Crippen molar-refractivity contribution in [1.82, 2.24) is 4.57 Å². The van der Waals surface area contributed by atoms with Crippen LogP contribution in [0.5, 0.6) is 0 Å². The summed E-state index contributed by atoms with van der Waals surface area (Å²) in [4.78, 5) is 19.8. The minimum atomic E-state index is -0.255. The molecule has 0 saturated carbocycles. The standard InChI is InChI=1S/C32H34FN3OS/c1-20-17-22(21(2)36(20)26-14-12-24(33)13-15-26)19-34-31-29(30(37)35-25-9-7-6-8-10-25)27-16-11-23(32(3,4)5)18-28(27)38-31/h6-10,12-15,17,19,23H,11,16,18H2,1-5H3,(H,35,37)/t23-/m0/s1. The molecule has 1 N–H and O–H groups in total. The first-order chi connectivity index (χ1) is 18.1. The summed E-state index contributed by atoms with van der Waals surface area (Å²) < 4.78 is 15.6. The van der Waals surface area contributed by atoms with Crippen molar-refractivity contribution in [3.63, 3.8) is 0 Å². The van der Waals surface area contributed by atoms with Crippen LogP contribution in [0.4, 0.5) is 15.1 Å². The Hall–Kier alpha value is -3.51. The Morgan fingerprint density at radius 2 is 1.82 bits per heavy atom. The van der Waals surface area contributed by atoms with E-state index in [9.17, 15) is 9.18 Å². The van der Waals surface area contributed by atoms with Crippen LogP contribution < -0.4 is 5.32 Å². The van der Waals surface area contributed by atoms with Gasteiger partial charge in [0.15, 0.2) is 0 Å². The molecule has 0 radical (unpaired) electrons. The number of nitrogens with zero attached hydrogens (tertiary/aromatic N) is 2. The fourth-order valence-electron chi connectivity index (χ4n) is 5.38. The molecule has 1 aliphatic carbocycles. The molecule has 6 heteroatoms. The van der Waals surface area contributed by atoms with Gasteiger partial charge in [-0.15, -0.1) is 11.3 Å². The second kappa shape index (κ2) is 10.3. The molecule has 0 spiro atoms. The fraction of sp³-hybridized carbons (Fsp3) is 0.312. The van der Waals surface area contributed by atoms with E-state index >= 15 is 0 Å². The number of fused-ring (bicyclic) bond motifs is 1. The number of benzene rings is 2. The van der Waals surface area contributed by atoms with Crippen molar-refractivity contribution in [2.45, 2.75) is 53.9 Å². The minimum absolute atomic E-state index is 0.105. The summed E-state index contributed by atoms with van der Waals surface area (Å²) in [5, 5.41) is 3.84. The summed E-state index contributed by atoms with van der Waals surface area (Å²) in [5.74, 6) is 0.215. The topological polar surface area (TPSA) is 46.4 Å². The molecule has 2 aromatic heterocycles. The van der Waals surface area contributed by atoms with Crippen molar-refractivity contribution in [2.75, 3.05) is 5.32 Å². The number of hydrogen-bond acceptors (Lipinski definition) is 3. The predicted molar refractivity (Wildman–Crippen MR) is 156 cm³/mol. The van der Waals surface area contributed by atoms with Crippen LogP contribution in [0.1, 0.15) is 64.9 Å². The molecule has 38 heavy (non-hydrogen) atoms. The van der Waals surface area contributed by atoms with E-state index in [-0.39, 0.29) is 17.1 Å². The number of anilines is 1. The van der Waals surface area contributed by atoms with Crippen LogP contribution in [0, 0.1) is 31.0 Å². The maximum Gasteiger partial charge on any atom is 0.259 e. The number of carbonyl (C=O) groups excluding carboxylic acids is 1. The van der Waals surface area contributed by atoms with Crippen LogP contribution in [0.3, 0.4) is 0 Å². The van der Waals surface area contributed by atoms with Gasteiger partial charge in [-0.25, -0.2) is 9.38 Å². The maximum atomic E-state index is 13.6. The number of thiophene rings is 1. The first-order valence-electron chi connectivity index (χ1n) is 13.1. The van der Waals surface area contributed by atoms with Crippen LogP contribution in [0.25, 0.3) is 5.69 Å². The van der Waals surface area contributed by atoms with Crippen molar-refractivity contribution in [3.05, 3.63) is 99.4 Å². The number of nitrogens with one attached hydrogen (secondary N) is 1. The van der Waals surface area contributed by atoms with Crippen molar-refractivity contribution < 1.29 is 9.18 Å². The summed E-state index contributed by atoms with van der Waals surface area (Å²) in [6, 6.07) is 18.2. The lowest BCUT2D eigenvalue weighted by molar-refractivity contribution is 0.102. The SMILES string of the molecule is Cc1cc(C=Nc2sc3c(c2C(=O)Nc2ccccc2)CC[C@H](C(C)(C)C)C3)c(C)n1-c1ccc(F)cc1. The molecule has 5 rings (SSSR count). The van der Waals surface area contributed by atoms with Gasteiger partial charge in [-0.1, -0.05) is 39.0 Å². The Morgan fingerprint density at radius 1 is 1.11 bits per heavy atom. The van der Waals surface area contributed by atoms with E-state index in [1.54, 1.807) is 23.5 Å². The van der Waals surface area contributed by atoms with E-state index in [1.807, 2.05) is 50.4 Å². The average molecular weight is 528 g/mol. The zero-order chi connectivity index (χ0) is 27.0. The lowest BCUT2D eigenvalue weighted by Gasteiger charge is -2.33. The molecule has 0 fully saturated rings. The number of halogens is 1. The van der Waals surface area contributed by atoms with Crippen LogP contribution in [0.15, 0.2) is 65.7 Å². The summed E-state index contributed by atoms with van der Waals surface area (Å²) in [6.07, 6.45) is 4.80. The Balaban J connectivity index is 1.52. The zero-order valence-electron chi connectivity index (χ0n) is 22.6. The number of hydrogen-bond donors (Lipinski definition) is 1. The molecular weight excluding hydrogens is 493 g/mol. The summed E-state index contributed by atoms with van der Waals surface area (Å²) in [7, 11) is 0. The maximum absolute atomic E-state index is 13.6. The molecule has 0 bridgehead atoms. The molecule has 0 saturated heterocycles. The van der Waals surface area contributed by atoms with Gasteiger partial charge in [0.05, 0.1) is 5.56 Å². The van der Waals surface area contributed by atoms with E-state index in [0.29, 0.717) is 11.5 Å². The number of para-hydroxylation sites is 1. The third-order valence-corrected chi connectivity index (χ3v) is 8.77. The van der Waals surface area contributed by atoms with E-state index in [4.69, 9.17) is 4.99 Å². The van der Waals surface area contributed by atoms with Gasteiger partial charge in [-0.05, 0) is 92.5 Å². The highest BCUT2D eigenvalue weighted by atomic mass is 32.1.